The molecule has 4 rings (SSSR count). The molecule has 1 saturated heterocycles. The number of hydrogen-bond donors (Lipinski definition) is 2. The van der Waals surface area contributed by atoms with E-state index in [1.54, 1.807) is 43.3 Å². The smallest absolute Gasteiger partial charge is 0.300 e. The number of nitriles is 1. The van der Waals surface area contributed by atoms with Crippen LogP contribution in [-0.4, -0.2) is 35.6 Å². The number of methoxy groups -OCH3 is 1. The van der Waals surface area contributed by atoms with E-state index < -0.39 is 17.7 Å². The Morgan fingerprint density at radius 2 is 1.81 bits per heavy atom. The number of benzene rings is 3. The number of ketones is 1. The largest absolute Gasteiger partial charge is 0.507 e. The van der Waals surface area contributed by atoms with E-state index in [0.29, 0.717) is 32.6 Å². The highest BCUT2D eigenvalue weighted by molar-refractivity contribution is 9.10. The van der Waals surface area contributed by atoms with E-state index in [1.807, 2.05) is 6.07 Å². The number of ether oxygens (including phenoxy) is 2. The van der Waals surface area contributed by atoms with E-state index in [0.717, 1.165) is 0 Å². The second-order valence-electron chi connectivity index (χ2n) is 7.84. The summed E-state index contributed by atoms with van der Waals surface area (Å²) in [6.45, 7) is 2.04. The second kappa shape index (κ2) is 10.1. The van der Waals surface area contributed by atoms with Crippen LogP contribution in [0.3, 0.4) is 0 Å². The van der Waals surface area contributed by atoms with E-state index in [2.05, 4.69) is 15.9 Å². The van der Waals surface area contributed by atoms with Crippen molar-refractivity contribution in [2.75, 3.05) is 18.6 Å². The molecule has 2 N–H and O–H groups in total. The Morgan fingerprint density at radius 3 is 2.42 bits per heavy atom. The first-order chi connectivity index (χ1) is 17.3. The van der Waals surface area contributed by atoms with E-state index in [-0.39, 0.29) is 29.4 Å². The van der Waals surface area contributed by atoms with Gasteiger partial charge in [-0.1, -0.05) is 6.07 Å². The molecular weight excluding hydrogens is 528 g/mol. The maximum absolute atomic E-state index is 13.3. The molecule has 3 aromatic carbocycles. The van der Waals surface area contributed by atoms with Crippen molar-refractivity contribution < 1.29 is 29.3 Å². The summed E-state index contributed by atoms with van der Waals surface area (Å²) < 4.78 is 11.3. The van der Waals surface area contributed by atoms with Crippen molar-refractivity contribution >= 4 is 39.1 Å². The Balaban J connectivity index is 1.95. The molecule has 3 aromatic rings. The number of aliphatic hydroxyl groups excluding tert-OH is 1. The SMILES string of the molecule is CCOc1cc(C2/C(=C(/O)c3ccc(OC)c(Br)c3)C(=O)C(=O)N2c2ccc(C#N)cc2)ccc1O. The van der Waals surface area contributed by atoms with Crippen LogP contribution in [0.2, 0.25) is 0 Å². The first-order valence-electron chi connectivity index (χ1n) is 10.9. The summed E-state index contributed by atoms with van der Waals surface area (Å²) in [7, 11) is 1.50. The van der Waals surface area contributed by atoms with Gasteiger partial charge in [0.15, 0.2) is 11.5 Å². The zero-order valence-corrected chi connectivity index (χ0v) is 20.9. The van der Waals surface area contributed by atoms with Crippen LogP contribution < -0.4 is 14.4 Å². The van der Waals surface area contributed by atoms with Gasteiger partial charge in [0.05, 0.1) is 41.4 Å². The van der Waals surface area contributed by atoms with Crippen molar-refractivity contribution in [2.45, 2.75) is 13.0 Å². The number of hydrogen-bond acceptors (Lipinski definition) is 7. The summed E-state index contributed by atoms with van der Waals surface area (Å²) in [5, 5.41) is 30.7. The van der Waals surface area contributed by atoms with Gasteiger partial charge in [-0.3, -0.25) is 14.5 Å². The zero-order chi connectivity index (χ0) is 26.0. The standard InChI is InChI=1S/C27H21BrN2O6/c1-3-36-22-13-16(6-10-20(22)31)24-23(25(32)17-7-11-21(35-2)19(28)12-17)26(33)27(34)30(24)18-8-4-15(14-29)5-9-18/h4-13,24,31-32H,3H2,1-2H3/b25-23-. The summed E-state index contributed by atoms with van der Waals surface area (Å²) in [5.74, 6) is -1.49. The molecule has 0 aliphatic carbocycles. The van der Waals surface area contributed by atoms with Crippen LogP contribution in [0.25, 0.3) is 5.76 Å². The summed E-state index contributed by atoms with van der Waals surface area (Å²) in [6, 6.07) is 16.5. The van der Waals surface area contributed by atoms with Crippen molar-refractivity contribution in [3.05, 3.63) is 87.4 Å². The molecule has 1 heterocycles. The number of phenolic OH excluding ortho intramolecular Hbond substituents is 1. The van der Waals surface area contributed by atoms with Gasteiger partial charge in [-0.05, 0) is 83.0 Å². The van der Waals surface area contributed by atoms with Crippen LogP contribution in [-0.2, 0) is 9.59 Å². The second-order valence-corrected chi connectivity index (χ2v) is 8.69. The predicted octanol–water partition coefficient (Wildman–Crippen LogP) is 5.06. The lowest BCUT2D eigenvalue weighted by molar-refractivity contribution is -0.132. The minimum Gasteiger partial charge on any atom is -0.507 e. The maximum Gasteiger partial charge on any atom is 0.300 e. The first-order valence-corrected chi connectivity index (χ1v) is 11.7. The number of carbonyl (C=O) groups excluding carboxylic acids is 2. The number of halogens is 1. The Hall–Kier alpha value is -4.29. The molecule has 0 spiro atoms. The van der Waals surface area contributed by atoms with Crippen LogP contribution in [0.5, 0.6) is 17.2 Å². The number of carbonyl (C=O) groups is 2. The number of aromatic hydroxyl groups is 1. The maximum atomic E-state index is 13.3. The highest BCUT2D eigenvalue weighted by atomic mass is 79.9. The Labute approximate surface area is 215 Å². The van der Waals surface area contributed by atoms with Crippen molar-refractivity contribution in [2.24, 2.45) is 0 Å². The van der Waals surface area contributed by atoms with Crippen LogP contribution in [0, 0.1) is 11.3 Å². The normalized spacial score (nSPS) is 16.6. The van der Waals surface area contributed by atoms with E-state index in [4.69, 9.17) is 14.7 Å². The van der Waals surface area contributed by atoms with E-state index >= 15 is 0 Å². The van der Waals surface area contributed by atoms with Gasteiger partial charge >= 0.3 is 0 Å². The summed E-state index contributed by atoms with van der Waals surface area (Å²) in [4.78, 5) is 27.9. The number of Topliss-reactive ketones (excluding diaryl/α,β-unsaturated/α-hetero) is 1. The van der Waals surface area contributed by atoms with Crippen molar-refractivity contribution in [3.63, 3.8) is 0 Å². The fraction of sp³-hybridized carbons (Fsp3) is 0.148. The molecular formula is C27H21BrN2O6. The van der Waals surface area contributed by atoms with Crippen molar-refractivity contribution in [1.29, 1.82) is 5.26 Å². The quantitative estimate of drug-likeness (QED) is 0.251. The van der Waals surface area contributed by atoms with Gasteiger partial charge in [-0.25, -0.2) is 0 Å². The van der Waals surface area contributed by atoms with E-state index in [9.17, 15) is 19.8 Å². The molecule has 9 heteroatoms. The van der Waals surface area contributed by atoms with Gasteiger partial charge in [0, 0.05) is 11.3 Å². The van der Waals surface area contributed by atoms with Gasteiger partial charge < -0.3 is 19.7 Å². The molecule has 1 aliphatic heterocycles. The van der Waals surface area contributed by atoms with Crippen LogP contribution in [0.1, 0.15) is 29.7 Å². The number of phenols is 1. The number of rotatable bonds is 6. The Bertz CT molecular complexity index is 1430. The fourth-order valence-electron chi connectivity index (χ4n) is 4.05. The molecule has 0 bridgehead atoms. The predicted molar refractivity (Wildman–Crippen MR) is 136 cm³/mol. The van der Waals surface area contributed by atoms with Crippen LogP contribution >= 0.6 is 15.9 Å². The molecule has 0 aromatic heterocycles. The number of amides is 1. The van der Waals surface area contributed by atoms with Crippen LogP contribution in [0.4, 0.5) is 5.69 Å². The molecule has 1 atom stereocenters. The molecule has 182 valence electrons. The average molecular weight is 549 g/mol. The van der Waals surface area contributed by atoms with Gasteiger partial charge in [-0.2, -0.15) is 5.26 Å². The monoisotopic (exact) mass is 548 g/mol. The molecule has 0 radical (unpaired) electrons. The highest BCUT2D eigenvalue weighted by Gasteiger charge is 2.47. The summed E-state index contributed by atoms with van der Waals surface area (Å²) in [6.07, 6.45) is 0. The number of nitrogens with zero attached hydrogens (tertiary/aromatic N) is 2. The van der Waals surface area contributed by atoms with Gasteiger partial charge in [-0.15, -0.1) is 0 Å². The molecule has 1 unspecified atom stereocenters. The minimum atomic E-state index is -1.03. The lowest BCUT2D eigenvalue weighted by atomic mass is 9.94. The summed E-state index contributed by atoms with van der Waals surface area (Å²) >= 11 is 3.38. The molecule has 1 amide bonds. The van der Waals surface area contributed by atoms with Crippen molar-refractivity contribution in [1.82, 2.24) is 0 Å². The van der Waals surface area contributed by atoms with Crippen LogP contribution in [0.15, 0.2) is 70.7 Å². The zero-order valence-electron chi connectivity index (χ0n) is 19.4. The molecule has 1 fully saturated rings. The Morgan fingerprint density at radius 1 is 1.08 bits per heavy atom. The van der Waals surface area contributed by atoms with Crippen molar-refractivity contribution in [3.8, 4) is 23.3 Å². The minimum absolute atomic E-state index is 0.102. The highest BCUT2D eigenvalue weighted by Crippen LogP contribution is 2.44. The first kappa shape index (κ1) is 24.8. The molecule has 0 saturated carbocycles. The topological polar surface area (TPSA) is 120 Å². The van der Waals surface area contributed by atoms with Gasteiger partial charge in [0.25, 0.3) is 11.7 Å². The number of anilines is 1. The third-order valence-electron chi connectivity index (χ3n) is 5.74. The summed E-state index contributed by atoms with van der Waals surface area (Å²) in [5.41, 5.74) is 1.36. The van der Waals surface area contributed by atoms with Gasteiger partial charge in [0.2, 0.25) is 0 Å². The number of aliphatic hydroxyl groups is 1. The lowest BCUT2D eigenvalue weighted by Crippen LogP contribution is -2.29. The molecule has 8 nitrogen and oxygen atoms in total. The molecule has 1 aliphatic rings. The fourth-order valence-corrected chi connectivity index (χ4v) is 4.59. The third-order valence-corrected chi connectivity index (χ3v) is 6.36. The lowest BCUT2D eigenvalue weighted by Gasteiger charge is -2.26. The third kappa shape index (κ3) is 4.39. The van der Waals surface area contributed by atoms with Gasteiger partial charge in [0.1, 0.15) is 11.5 Å². The van der Waals surface area contributed by atoms with E-state index in [1.165, 1.54) is 36.3 Å². The Kier molecular flexibility index (Phi) is 6.99. The molecule has 36 heavy (non-hydrogen) atoms. The average Bonchev–Trinajstić information content (AvgIpc) is 3.15.